The zero-order chi connectivity index (χ0) is 20.6. The van der Waals surface area contributed by atoms with Crippen LogP contribution in [0.2, 0.25) is 0 Å². The lowest BCUT2D eigenvalue weighted by atomic mass is 9.96. The summed E-state index contributed by atoms with van der Waals surface area (Å²) in [4.78, 5) is 13.5. The molecular weight excluding hydrogens is 408 g/mol. The van der Waals surface area contributed by atoms with Crippen molar-refractivity contribution in [1.82, 2.24) is 15.1 Å². The predicted octanol–water partition coefficient (Wildman–Crippen LogP) is 4.67. The maximum atomic E-state index is 13.7. The van der Waals surface area contributed by atoms with Gasteiger partial charge in [-0.1, -0.05) is 18.2 Å². The summed E-state index contributed by atoms with van der Waals surface area (Å²) >= 11 is 1.46. The number of rotatable bonds is 4. The van der Waals surface area contributed by atoms with Crippen molar-refractivity contribution in [3.05, 3.63) is 69.8 Å². The Bertz CT molecular complexity index is 998. The lowest BCUT2D eigenvalue weighted by Crippen LogP contribution is -2.36. The third-order valence-corrected chi connectivity index (χ3v) is 5.64. The van der Waals surface area contributed by atoms with Crippen LogP contribution in [0.15, 0.2) is 48.0 Å². The molecule has 1 aromatic carbocycles. The van der Waals surface area contributed by atoms with E-state index in [1.807, 2.05) is 17.5 Å². The number of halogens is 4. The number of anilines is 1. The molecule has 3 aromatic rings. The predicted molar refractivity (Wildman–Crippen MR) is 100 cm³/mol. The van der Waals surface area contributed by atoms with Crippen molar-refractivity contribution in [2.75, 3.05) is 5.32 Å². The highest BCUT2D eigenvalue weighted by atomic mass is 32.1. The quantitative estimate of drug-likeness (QED) is 0.599. The maximum Gasteiger partial charge on any atom is 0.410 e. The number of nitrogens with one attached hydrogen (secondary N) is 2. The Balaban J connectivity index is 1.64. The van der Waals surface area contributed by atoms with Crippen LogP contribution < -0.4 is 10.6 Å². The zero-order valence-electron chi connectivity index (χ0n) is 14.9. The standard InChI is InChI=1S/C19H16F4N4OS/c20-12-5-3-11(4-6-12)15-8-16(19(21,22)23)27-17(26-15)14(10-25-27)18(28)24-9-13-2-1-7-29-13/h1-7,10,15-16,26H,8-9H2,(H,24,28)/t15-,16+/m1/s1. The third kappa shape index (κ3) is 3.98. The van der Waals surface area contributed by atoms with Gasteiger partial charge in [0.05, 0.1) is 18.8 Å². The van der Waals surface area contributed by atoms with Gasteiger partial charge in [-0.05, 0) is 29.1 Å². The number of nitrogens with zero attached hydrogens (tertiary/aromatic N) is 2. The molecule has 0 fully saturated rings. The van der Waals surface area contributed by atoms with Gasteiger partial charge in [-0.25, -0.2) is 9.07 Å². The number of amides is 1. The lowest BCUT2D eigenvalue weighted by Gasteiger charge is -2.34. The minimum Gasteiger partial charge on any atom is -0.363 e. The Morgan fingerprint density at radius 1 is 1.28 bits per heavy atom. The second kappa shape index (κ2) is 7.51. The first-order valence-corrected chi connectivity index (χ1v) is 9.67. The van der Waals surface area contributed by atoms with Gasteiger partial charge in [-0.2, -0.15) is 18.3 Å². The van der Waals surface area contributed by atoms with Crippen molar-refractivity contribution in [2.24, 2.45) is 0 Å². The van der Waals surface area contributed by atoms with Gasteiger partial charge in [0.25, 0.3) is 5.91 Å². The molecule has 0 spiro atoms. The van der Waals surface area contributed by atoms with Crippen LogP contribution >= 0.6 is 11.3 Å². The van der Waals surface area contributed by atoms with E-state index in [1.54, 1.807) is 0 Å². The second-order valence-corrected chi connectivity index (χ2v) is 7.69. The Kier molecular flexibility index (Phi) is 5.03. The van der Waals surface area contributed by atoms with Gasteiger partial charge in [0, 0.05) is 11.3 Å². The van der Waals surface area contributed by atoms with E-state index >= 15 is 0 Å². The number of benzene rings is 1. The fourth-order valence-electron chi connectivity index (χ4n) is 3.32. The van der Waals surface area contributed by atoms with Gasteiger partial charge in [-0.3, -0.25) is 4.79 Å². The molecule has 0 saturated carbocycles. The number of carbonyl (C=O) groups is 1. The van der Waals surface area contributed by atoms with Gasteiger partial charge in [0.2, 0.25) is 0 Å². The summed E-state index contributed by atoms with van der Waals surface area (Å²) in [5.41, 5.74) is 0.528. The third-order valence-electron chi connectivity index (χ3n) is 4.76. The van der Waals surface area contributed by atoms with E-state index < -0.39 is 30.0 Å². The van der Waals surface area contributed by atoms with E-state index in [0.717, 1.165) is 15.8 Å². The number of fused-ring (bicyclic) bond motifs is 1. The first-order valence-electron chi connectivity index (χ1n) is 8.79. The fourth-order valence-corrected chi connectivity index (χ4v) is 3.96. The van der Waals surface area contributed by atoms with Crippen LogP contribution in [0.25, 0.3) is 0 Å². The Hall–Kier alpha value is -2.88. The van der Waals surface area contributed by atoms with Gasteiger partial charge >= 0.3 is 6.18 Å². The Morgan fingerprint density at radius 3 is 2.69 bits per heavy atom. The number of hydrogen-bond acceptors (Lipinski definition) is 4. The van der Waals surface area contributed by atoms with Gasteiger partial charge in [-0.15, -0.1) is 11.3 Å². The minimum absolute atomic E-state index is 0.00317. The summed E-state index contributed by atoms with van der Waals surface area (Å²) in [6, 6.07) is 6.31. The lowest BCUT2D eigenvalue weighted by molar-refractivity contribution is -0.173. The normalized spacial score (nSPS) is 18.8. The van der Waals surface area contributed by atoms with Crippen LogP contribution in [-0.4, -0.2) is 21.9 Å². The minimum atomic E-state index is -4.55. The molecular formula is C19H16F4N4OS. The molecule has 1 aliphatic rings. The van der Waals surface area contributed by atoms with E-state index in [2.05, 4.69) is 15.7 Å². The fraction of sp³-hybridized carbons (Fsp3) is 0.263. The topological polar surface area (TPSA) is 59.0 Å². The molecule has 0 saturated heterocycles. The smallest absolute Gasteiger partial charge is 0.363 e. The molecule has 1 amide bonds. The molecule has 0 aliphatic carbocycles. The van der Waals surface area contributed by atoms with Gasteiger partial charge < -0.3 is 10.6 Å². The molecule has 1 aliphatic heterocycles. The van der Waals surface area contributed by atoms with Crippen LogP contribution in [0.3, 0.4) is 0 Å². The zero-order valence-corrected chi connectivity index (χ0v) is 15.7. The van der Waals surface area contributed by atoms with Crippen molar-refractivity contribution in [3.63, 3.8) is 0 Å². The van der Waals surface area contributed by atoms with E-state index in [0.29, 0.717) is 5.56 Å². The Morgan fingerprint density at radius 2 is 2.03 bits per heavy atom. The van der Waals surface area contributed by atoms with E-state index in [1.165, 1.54) is 35.6 Å². The molecule has 5 nitrogen and oxygen atoms in total. The van der Waals surface area contributed by atoms with E-state index in [9.17, 15) is 22.4 Å². The SMILES string of the molecule is O=C(NCc1cccs1)c1cnn2c1N[C@@H](c1ccc(F)cc1)C[C@H]2C(F)(F)F. The average molecular weight is 424 g/mol. The summed E-state index contributed by atoms with van der Waals surface area (Å²) in [6.07, 6.45) is -3.73. The van der Waals surface area contributed by atoms with Crippen LogP contribution in [0.1, 0.15) is 39.3 Å². The number of carbonyl (C=O) groups excluding carboxylic acids is 1. The number of hydrogen-bond donors (Lipinski definition) is 2. The first kappa shape index (κ1) is 19.4. The summed E-state index contributed by atoms with van der Waals surface area (Å²) in [5.74, 6) is -1.000. The van der Waals surface area contributed by atoms with Crippen molar-refractivity contribution >= 4 is 23.1 Å². The van der Waals surface area contributed by atoms with Gasteiger partial charge in [0.1, 0.15) is 17.2 Å². The molecule has 3 heterocycles. The van der Waals surface area contributed by atoms with Crippen LogP contribution in [0.5, 0.6) is 0 Å². The van der Waals surface area contributed by atoms with Crippen molar-refractivity contribution in [2.45, 2.75) is 31.2 Å². The molecule has 2 N–H and O–H groups in total. The van der Waals surface area contributed by atoms with Crippen molar-refractivity contribution in [3.8, 4) is 0 Å². The number of thiophene rings is 1. The van der Waals surface area contributed by atoms with Crippen molar-refractivity contribution in [1.29, 1.82) is 0 Å². The number of aromatic nitrogens is 2. The largest absolute Gasteiger partial charge is 0.410 e. The van der Waals surface area contributed by atoms with E-state index in [4.69, 9.17) is 0 Å². The summed E-state index contributed by atoms with van der Waals surface area (Å²) < 4.78 is 55.0. The molecule has 0 unspecified atom stereocenters. The molecule has 2 atom stereocenters. The number of alkyl halides is 3. The molecule has 29 heavy (non-hydrogen) atoms. The van der Waals surface area contributed by atoms with Crippen LogP contribution in [0.4, 0.5) is 23.4 Å². The van der Waals surface area contributed by atoms with Gasteiger partial charge in [0.15, 0.2) is 6.04 Å². The average Bonchev–Trinajstić information content (AvgIpc) is 3.35. The molecule has 152 valence electrons. The monoisotopic (exact) mass is 424 g/mol. The summed E-state index contributed by atoms with van der Waals surface area (Å²) in [6.45, 7) is 0.269. The van der Waals surface area contributed by atoms with Crippen molar-refractivity contribution < 1.29 is 22.4 Å². The van der Waals surface area contributed by atoms with Crippen LogP contribution in [0, 0.1) is 5.82 Å². The molecule has 2 aromatic heterocycles. The maximum absolute atomic E-state index is 13.7. The highest BCUT2D eigenvalue weighted by Crippen LogP contribution is 2.44. The molecule has 10 heteroatoms. The summed E-state index contributed by atoms with van der Waals surface area (Å²) in [5, 5.41) is 11.4. The Labute approximate surface area is 167 Å². The first-order chi connectivity index (χ1) is 13.8. The van der Waals surface area contributed by atoms with Crippen LogP contribution in [-0.2, 0) is 6.54 Å². The molecule has 4 rings (SSSR count). The molecule has 0 bridgehead atoms. The molecule has 0 radical (unpaired) electrons. The second-order valence-electron chi connectivity index (χ2n) is 6.66. The highest BCUT2D eigenvalue weighted by Gasteiger charge is 2.47. The highest BCUT2D eigenvalue weighted by molar-refractivity contribution is 7.09. The summed E-state index contributed by atoms with van der Waals surface area (Å²) in [7, 11) is 0. The van der Waals surface area contributed by atoms with E-state index in [-0.39, 0.29) is 24.3 Å².